The van der Waals surface area contributed by atoms with Crippen LogP contribution in [-0.2, 0) is 0 Å². The summed E-state index contributed by atoms with van der Waals surface area (Å²) in [5, 5.41) is 17.1. The van der Waals surface area contributed by atoms with Gasteiger partial charge in [-0.3, -0.25) is 15.5 Å². The van der Waals surface area contributed by atoms with Crippen molar-refractivity contribution >= 4 is 28.4 Å². The van der Waals surface area contributed by atoms with E-state index in [1.807, 2.05) is 36.4 Å². The monoisotopic (exact) mass is 291 g/mol. The maximum absolute atomic E-state index is 10.7. The molecular formula is C17H13N3O2. The lowest BCUT2D eigenvalue weighted by atomic mass is 10.1. The third-order valence-corrected chi connectivity index (χ3v) is 3.24. The van der Waals surface area contributed by atoms with Gasteiger partial charge in [0.1, 0.15) is 0 Å². The molecule has 0 aliphatic carbocycles. The lowest BCUT2D eigenvalue weighted by Crippen LogP contribution is -1.93. The summed E-state index contributed by atoms with van der Waals surface area (Å²) in [6.07, 6.45) is 1.69. The minimum atomic E-state index is -0.432. The second-order valence-corrected chi connectivity index (χ2v) is 4.78. The van der Waals surface area contributed by atoms with Crippen molar-refractivity contribution in [1.29, 1.82) is 0 Å². The number of non-ortho nitro benzene ring substituents is 1. The van der Waals surface area contributed by atoms with Crippen LogP contribution < -0.4 is 5.43 Å². The predicted octanol–water partition coefficient (Wildman–Crippen LogP) is 4.19. The molecule has 0 atom stereocenters. The van der Waals surface area contributed by atoms with E-state index in [0.717, 1.165) is 10.9 Å². The molecule has 3 rings (SSSR count). The van der Waals surface area contributed by atoms with E-state index < -0.39 is 4.92 Å². The summed E-state index contributed by atoms with van der Waals surface area (Å²) in [5.41, 5.74) is 4.37. The van der Waals surface area contributed by atoms with Gasteiger partial charge in [0.05, 0.1) is 16.8 Å². The highest BCUT2D eigenvalue weighted by atomic mass is 16.6. The van der Waals surface area contributed by atoms with E-state index in [4.69, 9.17) is 0 Å². The van der Waals surface area contributed by atoms with E-state index in [1.165, 1.54) is 17.5 Å². The number of nitro benzene ring substituents is 1. The normalized spacial score (nSPS) is 10.9. The van der Waals surface area contributed by atoms with Crippen LogP contribution in [0.5, 0.6) is 0 Å². The maximum atomic E-state index is 10.7. The smallest absolute Gasteiger partial charge is 0.271 e. The van der Waals surface area contributed by atoms with E-state index in [2.05, 4.69) is 16.6 Å². The number of anilines is 1. The van der Waals surface area contributed by atoms with Crippen molar-refractivity contribution in [1.82, 2.24) is 0 Å². The van der Waals surface area contributed by atoms with E-state index >= 15 is 0 Å². The Morgan fingerprint density at radius 2 is 1.77 bits per heavy atom. The molecule has 0 spiro atoms. The predicted molar refractivity (Wildman–Crippen MR) is 88.3 cm³/mol. The van der Waals surface area contributed by atoms with Gasteiger partial charge in [-0.2, -0.15) is 5.10 Å². The van der Waals surface area contributed by atoms with Crippen LogP contribution in [-0.4, -0.2) is 11.1 Å². The molecule has 0 aliphatic rings. The van der Waals surface area contributed by atoms with Crippen LogP contribution in [0, 0.1) is 10.1 Å². The number of fused-ring (bicyclic) bond motifs is 1. The van der Waals surface area contributed by atoms with Crippen LogP contribution in [0.2, 0.25) is 0 Å². The van der Waals surface area contributed by atoms with Crippen LogP contribution >= 0.6 is 0 Å². The fraction of sp³-hybridized carbons (Fsp3) is 0. The molecule has 22 heavy (non-hydrogen) atoms. The standard InChI is InChI=1S/C17H13N3O2/c21-20(22)17-7-3-6-16(11-17)19-18-12-13-8-9-14-4-1-2-5-15(14)10-13/h1-12,19H/b18-12-. The molecule has 1 N–H and O–H groups in total. The van der Waals surface area contributed by atoms with Crippen LogP contribution in [0.3, 0.4) is 0 Å². The van der Waals surface area contributed by atoms with Crippen LogP contribution in [0.1, 0.15) is 5.56 Å². The van der Waals surface area contributed by atoms with Gasteiger partial charge >= 0.3 is 0 Å². The molecule has 0 fully saturated rings. The quantitative estimate of drug-likeness (QED) is 0.445. The van der Waals surface area contributed by atoms with Gasteiger partial charge in [-0.15, -0.1) is 0 Å². The molecule has 5 heteroatoms. The largest absolute Gasteiger partial charge is 0.278 e. The summed E-state index contributed by atoms with van der Waals surface area (Å²) in [6.45, 7) is 0. The molecule has 0 saturated heterocycles. The lowest BCUT2D eigenvalue weighted by molar-refractivity contribution is -0.384. The second kappa shape index (κ2) is 6.05. The third-order valence-electron chi connectivity index (χ3n) is 3.24. The fourth-order valence-corrected chi connectivity index (χ4v) is 2.16. The molecule has 0 saturated carbocycles. The van der Waals surface area contributed by atoms with Crippen molar-refractivity contribution in [3.63, 3.8) is 0 Å². The Balaban J connectivity index is 1.75. The second-order valence-electron chi connectivity index (χ2n) is 4.78. The van der Waals surface area contributed by atoms with Gasteiger partial charge in [-0.1, -0.05) is 42.5 Å². The first-order valence-electron chi connectivity index (χ1n) is 6.75. The van der Waals surface area contributed by atoms with Gasteiger partial charge in [0.2, 0.25) is 0 Å². The molecule has 0 radical (unpaired) electrons. The molecule has 0 unspecified atom stereocenters. The van der Waals surface area contributed by atoms with Crippen LogP contribution in [0.4, 0.5) is 11.4 Å². The Kier molecular flexibility index (Phi) is 3.78. The number of nitro groups is 1. The molecule has 108 valence electrons. The summed E-state index contributed by atoms with van der Waals surface area (Å²) >= 11 is 0. The number of hydrogen-bond acceptors (Lipinski definition) is 4. The number of hydrazone groups is 1. The van der Waals surface area contributed by atoms with Gasteiger partial charge in [-0.05, 0) is 28.5 Å². The summed E-state index contributed by atoms with van der Waals surface area (Å²) in [5.74, 6) is 0. The van der Waals surface area contributed by atoms with Crippen molar-refractivity contribution in [3.05, 3.63) is 82.4 Å². The number of benzene rings is 3. The van der Waals surface area contributed by atoms with E-state index in [9.17, 15) is 10.1 Å². The van der Waals surface area contributed by atoms with E-state index in [-0.39, 0.29) is 5.69 Å². The Morgan fingerprint density at radius 1 is 0.955 bits per heavy atom. The summed E-state index contributed by atoms with van der Waals surface area (Å²) in [6, 6.07) is 20.4. The topological polar surface area (TPSA) is 67.5 Å². The highest BCUT2D eigenvalue weighted by molar-refractivity contribution is 5.90. The Morgan fingerprint density at radius 3 is 2.59 bits per heavy atom. The minimum absolute atomic E-state index is 0.0332. The Hall–Kier alpha value is -3.21. The maximum Gasteiger partial charge on any atom is 0.271 e. The first-order valence-corrected chi connectivity index (χ1v) is 6.75. The van der Waals surface area contributed by atoms with Gasteiger partial charge in [0.15, 0.2) is 0 Å². The summed E-state index contributed by atoms with van der Waals surface area (Å²) in [4.78, 5) is 10.3. The summed E-state index contributed by atoms with van der Waals surface area (Å²) < 4.78 is 0. The highest BCUT2D eigenvalue weighted by Crippen LogP contribution is 2.17. The van der Waals surface area contributed by atoms with Crippen molar-refractivity contribution in [3.8, 4) is 0 Å². The first kappa shape index (κ1) is 13.8. The molecule has 0 aromatic heterocycles. The molecular weight excluding hydrogens is 278 g/mol. The molecule has 3 aromatic rings. The van der Waals surface area contributed by atoms with Crippen molar-refractivity contribution in [2.24, 2.45) is 5.10 Å². The molecule has 0 amide bonds. The zero-order valence-corrected chi connectivity index (χ0v) is 11.6. The van der Waals surface area contributed by atoms with Crippen molar-refractivity contribution in [2.45, 2.75) is 0 Å². The number of nitrogens with zero attached hydrogens (tertiary/aromatic N) is 2. The third kappa shape index (κ3) is 3.09. The van der Waals surface area contributed by atoms with Crippen molar-refractivity contribution in [2.75, 3.05) is 5.43 Å². The number of hydrogen-bond donors (Lipinski definition) is 1. The van der Waals surface area contributed by atoms with Gasteiger partial charge in [-0.25, -0.2) is 0 Å². The number of nitrogens with one attached hydrogen (secondary N) is 1. The minimum Gasteiger partial charge on any atom is -0.278 e. The van der Waals surface area contributed by atoms with Crippen LogP contribution in [0.15, 0.2) is 71.8 Å². The van der Waals surface area contributed by atoms with Gasteiger partial charge < -0.3 is 0 Å². The highest BCUT2D eigenvalue weighted by Gasteiger charge is 2.04. The number of rotatable bonds is 4. The van der Waals surface area contributed by atoms with Crippen LogP contribution in [0.25, 0.3) is 10.8 Å². The summed E-state index contributed by atoms with van der Waals surface area (Å²) in [7, 11) is 0. The Bertz CT molecular complexity index is 859. The average Bonchev–Trinajstić information content (AvgIpc) is 2.55. The zero-order valence-electron chi connectivity index (χ0n) is 11.6. The Labute approximate surface area is 127 Å². The lowest BCUT2D eigenvalue weighted by Gasteiger charge is -2.01. The SMILES string of the molecule is O=[N+]([O-])c1cccc(N/N=C\c2ccc3ccccc3c2)c1. The van der Waals surface area contributed by atoms with Crippen molar-refractivity contribution < 1.29 is 4.92 Å². The van der Waals surface area contributed by atoms with Gasteiger partial charge in [0, 0.05) is 12.1 Å². The average molecular weight is 291 g/mol. The molecule has 5 nitrogen and oxygen atoms in total. The fourth-order valence-electron chi connectivity index (χ4n) is 2.16. The molecule has 3 aromatic carbocycles. The first-order chi connectivity index (χ1) is 10.7. The molecule has 0 aliphatic heterocycles. The van der Waals surface area contributed by atoms with E-state index in [0.29, 0.717) is 5.69 Å². The van der Waals surface area contributed by atoms with Gasteiger partial charge in [0.25, 0.3) is 5.69 Å². The molecule has 0 heterocycles. The molecule has 0 bridgehead atoms. The van der Waals surface area contributed by atoms with E-state index in [1.54, 1.807) is 18.3 Å². The zero-order chi connectivity index (χ0) is 15.4.